The fourth-order valence-corrected chi connectivity index (χ4v) is 5.41. The van der Waals surface area contributed by atoms with E-state index in [-0.39, 0.29) is 17.5 Å². The summed E-state index contributed by atoms with van der Waals surface area (Å²) in [5, 5.41) is 0. The molecule has 0 N–H and O–H groups in total. The van der Waals surface area contributed by atoms with Crippen LogP contribution in [0, 0.1) is 35.5 Å². The van der Waals surface area contributed by atoms with Crippen LogP contribution >= 0.6 is 0 Å². The number of fused-ring (bicyclic) bond motifs is 5. The number of hydrogen-bond donors (Lipinski definition) is 0. The molecule has 3 aliphatic rings. The van der Waals surface area contributed by atoms with Crippen LogP contribution in [0.5, 0.6) is 0 Å². The standard InChI is InChI=1S/C19H32O2/c1-5-13(4)18(20)21-19(12(2)3)9-8-16-14-6-7-15(10-14)17(16)11-19/h12-17H,5-11H2,1-4H3. The van der Waals surface area contributed by atoms with Gasteiger partial charge in [-0.1, -0.05) is 27.7 Å². The summed E-state index contributed by atoms with van der Waals surface area (Å²) >= 11 is 0. The molecular formula is C19H32O2. The molecule has 0 amide bonds. The molecule has 3 rings (SSSR count). The molecule has 0 saturated heterocycles. The second kappa shape index (κ2) is 5.59. The highest BCUT2D eigenvalue weighted by Crippen LogP contribution is 2.60. The summed E-state index contributed by atoms with van der Waals surface area (Å²) in [5.41, 5.74) is -0.174. The van der Waals surface area contributed by atoms with Gasteiger partial charge in [0.1, 0.15) is 5.60 Å². The Bertz CT molecular complexity index is 402. The molecule has 3 aliphatic carbocycles. The predicted molar refractivity (Wildman–Crippen MR) is 84.8 cm³/mol. The molecule has 2 nitrogen and oxygen atoms in total. The first-order valence-corrected chi connectivity index (χ1v) is 9.19. The Morgan fingerprint density at radius 2 is 1.81 bits per heavy atom. The van der Waals surface area contributed by atoms with Gasteiger partial charge in [0.2, 0.25) is 0 Å². The van der Waals surface area contributed by atoms with Gasteiger partial charge in [0.05, 0.1) is 5.92 Å². The van der Waals surface area contributed by atoms with Crippen molar-refractivity contribution in [3.63, 3.8) is 0 Å². The molecule has 3 fully saturated rings. The second-order valence-electron chi connectivity index (χ2n) is 8.35. The SMILES string of the molecule is CCC(C)C(=O)OC1(C(C)C)CCC2C3CCC(C3)C2C1. The third-order valence-electron chi connectivity index (χ3n) is 7.13. The second-order valence-corrected chi connectivity index (χ2v) is 8.35. The number of carbonyl (C=O) groups excluding carboxylic acids is 1. The van der Waals surface area contributed by atoms with Crippen molar-refractivity contribution < 1.29 is 9.53 Å². The molecule has 3 saturated carbocycles. The summed E-state index contributed by atoms with van der Waals surface area (Å²) < 4.78 is 6.17. The van der Waals surface area contributed by atoms with E-state index in [1.807, 2.05) is 6.92 Å². The smallest absolute Gasteiger partial charge is 0.309 e. The molecule has 21 heavy (non-hydrogen) atoms. The summed E-state index contributed by atoms with van der Waals surface area (Å²) in [7, 11) is 0. The molecule has 0 aromatic rings. The van der Waals surface area contributed by atoms with Gasteiger partial charge in [-0.3, -0.25) is 4.79 Å². The minimum atomic E-state index is -0.174. The van der Waals surface area contributed by atoms with Crippen molar-refractivity contribution in [2.75, 3.05) is 0 Å². The van der Waals surface area contributed by atoms with E-state index in [1.165, 1.54) is 25.7 Å². The van der Waals surface area contributed by atoms with Gasteiger partial charge in [-0.15, -0.1) is 0 Å². The van der Waals surface area contributed by atoms with Gasteiger partial charge in [0.25, 0.3) is 0 Å². The molecule has 0 heterocycles. The molecule has 0 aliphatic heterocycles. The zero-order chi connectivity index (χ0) is 15.2. The van der Waals surface area contributed by atoms with Gasteiger partial charge >= 0.3 is 5.97 Å². The minimum absolute atomic E-state index is 0.0350. The van der Waals surface area contributed by atoms with Crippen LogP contribution in [0.4, 0.5) is 0 Å². The van der Waals surface area contributed by atoms with E-state index in [1.54, 1.807) is 0 Å². The highest BCUT2D eigenvalue weighted by atomic mass is 16.6. The molecule has 120 valence electrons. The van der Waals surface area contributed by atoms with Crippen molar-refractivity contribution >= 4 is 5.97 Å². The maximum absolute atomic E-state index is 12.4. The molecule has 6 unspecified atom stereocenters. The van der Waals surface area contributed by atoms with E-state index in [0.717, 1.165) is 42.9 Å². The van der Waals surface area contributed by atoms with E-state index < -0.39 is 0 Å². The summed E-state index contributed by atoms with van der Waals surface area (Å²) in [6.45, 7) is 8.56. The molecule has 6 atom stereocenters. The Morgan fingerprint density at radius 3 is 2.43 bits per heavy atom. The monoisotopic (exact) mass is 292 g/mol. The van der Waals surface area contributed by atoms with Gasteiger partial charge in [0.15, 0.2) is 0 Å². The highest BCUT2D eigenvalue weighted by molar-refractivity contribution is 5.72. The van der Waals surface area contributed by atoms with Crippen molar-refractivity contribution in [2.24, 2.45) is 35.5 Å². The van der Waals surface area contributed by atoms with Crippen molar-refractivity contribution in [1.29, 1.82) is 0 Å². The van der Waals surface area contributed by atoms with Crippen LogP contribution in [-0.4, -0.2) is 11.6 Å². The zero-order valence-electron chi connectivity index (χ0n) is 14.2. The lowest BCUT2D eigenvalue weighted by Crippen LogP contribution is -2.48. The number of ether oxygens (including phenoxy) is 1. The zero-order valence-corrected chi connectivity index (χ0v) is 14.2. The third kappa shape index (κ3) is 2.53. The molecule has 0 aromatic heterocycles. The summed E-state index contributed by atoms with van der Waals surface area (Å²) in [5.74, 6) is 4.22. The van der Waals surface area contributed by atoms with E-state index in [9.17, 15) is 4.79 Å². The number of esters is 1. The van der Waals surface area contributed by atoms with Crippen LogP contribution in [-0.2, 0) is 9.53 Å². The lowest BCUT2D eigenvalue weighted by atomic mass is 9.63. The summed E-state index contributed by atoms with van der Waals surface area (Å²) in [4.78, 5) is 12.4. The van der Waals surface area contributed by atoms with Crippen LogP contribution in [0.1, 0.15) is 72.6 Å². The van der Waals surface area contributed by atoms with E-state index >= 15 is 0 Å². The maximum Gasteiger partial charge on any atom is 0.309 e. The molecular weight excluding hydrogens is 260 g/mol. The van der Waals surface area contributed by atoms with Crippen molar-refractivity contribution in [1.82, 2.24) is 0 Å². The van der Waals surface area contributed by atoms with Crippen molar-refractivity contribution in [3.8, 4) is 0 Å². The summed E-state index contributed by atoms with van der Waals surface area (Å²) in [6.07, 6.45) is 8.76. The first kappa shape index (κ1) is 15.4. The Balaban J connectivity index is 1.75. The normalized spacial score (nSPS) is 42.9. The first-order chi connectivity index (χ1) is 9.97. The van der Waals surface area contributed by atoms with Crippen LogP contribution in [0.3, 0.4) is 0 Å². The lowest BCUT2D eigenvalue weighted by Gasteiger charge is -2.48. The lowest BCUT2D eigenvalue weighted by molar-refractivity contribution is -0.180. The minimum Gasteiger partial charge on any atom is -0.459 e. The van der Waals surface area contributed by atoms with Gasteiger partial charge in [-0.2, -0.15) is 0 Å². The topological polar surface area (TPSA) is 26.3 Å². The van der Waals surface area contributed by atoms with Gasteiger partial charge in [0, 0.05) is 0 Å². The number of hydrogen-bond acceptors (Lipinski definition) is 2. The average Bonchev–Trinajstić information content (AvgIpc) is 3.07. The van der Waals surface area contributed by atoms with Crippen LogP contribution in [0.2, 0.25) is 0 Å². The molecule has 0 radical (unpaired) electrons. The van der Waals surface area contributed by atoms with E-state index in [4.69, 9.17) is 4.74 Å². The van der Waals surface area contributed by atoms with Gasteiger partial charge in [-0.05, 0) is 74.5 Å². The highest BCUT2D eigenvalue weighted by Gasteiger charge is 2.55. The molecule has 0 aromatic carbocycles. The first-order valence-electron chi connectivity index (χ1n) is 9.19. The van der Waals surface area contributed by atoms with Crippen LogP contribution < -0.4 is 0 Å². The quantitative estimate of drug-likeness (QED) is 0.695. The number of carbonyl (C=O) groups is 1. The van der Waals surface area contributed by atoms with E-state index in [2.05, 4.69) is 20.8 Å². The van der Waals surface area contributed by atoms with Gasteiger partial charge < -0.3 is 4.74 Å². The average molecular weight is 292 g/mol. The molecule has 2 bridgehead atoms. The maximum atomic E-state index is 12.4. The third-order valence-corrected chi connectivity index (χ3v) is 7.13. The van der Waals surface area contributed by atoms with Crippen molar-refractivity contribution in [3.05, 3.63) is 0 Å². The van der Waals surface area contributed by atoms with Crippen LogP contribution in [0.25, 0.3) is 0 Å². The Labute approximate surface area is 130 Å². The Morgan fingerprint density at radius 1 is 1.14 bits per heavy atom. The molecule has 2 heteroatoms. The number of rotatable bonds is 4. The summed E-state index contributed by atoms with van der Waals surface area (Å²) in [6, 6.07) is 0. The van der Waals surface area contributed by atoms with Crippen molar-refractivity contribution in [2.45, 2.75) is 78.2 Å². The Hall–Kier alpha value is -0.530. The fraction of sp³-hybridized carbons (Fsp3) is 0.947. The predicted octanol–water partition coefficient (Wildman–Crippen LogP) is 4.82. The fourth-order valence-electron chi connectivity index (χ4n) is 5.41. The van der Waals surface area contributed by atoms with Crippen LogP contribution in [0.15, 0.2) is 0 Å². The van der Waals surface area contributed by atoms with E-state index in [0.29, 0.717) is 5.92 Å². The Kier molecular flexibility index (Phi) is 4.09. The molecule has 0 spiro atoms. The van der Waals surface area contributed by atoms with Gasteiger partial charge in [-0.25, -0.2) is 0 Å². The largest absolute Gasteiger partial charge is 0.459 e.